The zero-order valence-corrected chi connectivity index (χ0v) is 14.9. The average molecular weight is 331 g/mol. The number of alkyl carbamates (subject to hydrolysis) is 1. The molecule has 5 heteroatoms. The van der Waals surface area contributed by atoms with Crippen LogP contribution in [0.5, 0.6) is 0 Å². The van der Waals surface area contributed by atoms with Crippen molar-refractivity contribution in [3.05, 3.63) is 29.8 Å². The molecule has 2 unspecified atom stereocenters. The normalized spacial score (nSPS) is 24.6. The number of anilines is 1. The van der Waals surface area contributed by atoms with Crippen molar-refractivity contribution in [3.63, 3.8) is 0 Å². The summed E-state index contributed by atoms with van der Waals surface area (Å²) in [6, 6.07) is 9.05. The molecular formula is C19H29N3O2. The van der Waals surface area contributed by atoms with E-state index in [4.69, 9.17) is 10.5 Å². The van der Waals surface area contributed by atoms with E-state index in [1.165, 1.54) is 11.3 Å². The number of piperidine rings is 1. The Balaban J connectivity index is 1.51. The van der Waals surface area contributed by atoms with Crippen LogP contribution in [0, 0.1) is 0 Å². The molecule has 1 aliphatic heterocycles. The zero-order valence-electron chi connectivity index (χ0n) is 14.9. The summed E-state index contributed by atoms with van der Waals surface area (Å²) >= 11 is 0. The number of carbonyl (C=O) groups is 1. The molecule has 2 atom stereocenters. The van der Waals surface area contributed by atoms with Crippen LogP contribution in [0.15, 0.2) is 24.3 Å². The van der Waals surface area contributed by atoms with Gasteiger partial charge in [0.2, 0.25) is 0 Å². The largest absolute Gasteiger partial charge is 0.446 e. The predicted molar refractivity (Wildman–Crippen MR) is 96.4 cm³/mol. The summed E-state index contributed by atoms with van der Waals surface area (Å²) in [4.78, 5) is 14.3. The first-order chi connectivity index (χ1) is 11.3. The lowest BCUT2D eigenvalue weighted by molar-refractivity contribution is 0.0777. The van der Waals surface area contributed by atoms with E-state index in [1.807, 2.05) is 20.8 Å². The lowest BCUT2D eigenvalue weighted by atomic mass is 10.0. The minimum atomic E-state index is -0.314. The van der Waals surface area contributed by atoms with Gasteiger partial charge in [-0.15, -0.1) is 0 Å². The SMILES string of the molecule is CC(C)(C)NC(=O)OC1CCN(c2cccc(C3CC3N)c2)CC1. The molecule has 1 heterocycles. The molecule has 3 rings (SSSR count). The highest BCUT2D eigenvalue weighted by Crippen LogP contribution is 2.40. The van der Waals surface area contributed by atoms with E-state index in [0.717, 1.165) is 32.4 Å². The van der Waals surface area contributed by atoms with Crippen molar-refractivity contribution in [2.75, 3.05) is 18.0 Å². The summed E-state index contributed by atoms with van der Waals surface area (Å²) < 4.78 is 5.54. The second-order valence-electron chi connectivity index (χ2n) is 8.07. The van der Waals surface area contributed by atoms with Crippen LogP contribution >= 0.6 is 0 Å². The second-order valence-corrected chi connectivity index (χ2v) is 8.07. The fraction of sp³-hybridized carbons (Fsp3) is 0.632. The fourth-order valence-corrected chi connectivity index (χ4v) is 3.27. The number of rotatable bonds is 3. The molecular weight excluding hydrogens is 302 g/mol. The fourth-order valence-electron chi connectivity index (χ4n) is 3.27. The standard InChI is InChI=1S/C19H29N3O2/c1-19(2,3)21-18(23)24-15-7-9-22(10-8-15)14-6-4-5-13(11-14)16-12-17(16)20/h4-6,11,15-17H,7-10,12,20H2,1-3H3,(H,21,23). The van der Waals surface area contributed by atoms with Crippen LogP contribution in [0.25, 0.3) is 0 Å². The molecule has 1 aromatic carbocycles. The Morgan fingerprint density at radius 1 is 1.29 bits per heavy atom. The number of nitrogens with two attached hydrogens (primary N) is 1. The summed E-state index contributed by atoms with van der Waals surface area (Å²) in [5.74, 6) is 0.534. The summed E-state index contributed by atoms with van der Waals surface area (Å²) in [6.45, 7) is 7.68. The molecule has 0 bridgehead atoms. The average Bonchev–Trinajstić information content (AvgIpc) is 3.23. The molecule has 0 radical (unpaired) electrons. The third-order valence-electron chi connectivity index (χ3n) is 4.70. The highest BCUT2D eigenvalue weighted by Gasteiger charge is 2.35. The van der Waals surface area contributed by atoms with Gasteiger partial charge in [-0.2, -0.15) is 0 Å². The number of hydrogen-bond donors (Lipinski definition) is 2. The summed E-state index contributed by atoms with van der Waals surface area (Å²) in [7, 11) is 0. The van der Waals surface area contributed by atoms with Crippen LogP contribution in [-0.4, -0.2) is 36.9 Å². The molecule has 24 heavy (non-hydrogen) atoms. The first-order valence-electron chi connectivity index (χ1n) is 8.91. The third kappa shape index (κ3) is 4.41. The quantitative estimate of drug-likeness (QED) is 0.893. The number of nitrogens with one attached hydrogen (secondary N) is 1. The Morgan fingerprint density at radius 2 is 1.96 bits per heavy atom. The minimum absolute atomic E-state index is 0.00337. The highest BCUT2D eigenvalue weighted by molar-refractivity contribution is 5.68. The van der Waals surface area contributed by atoms with Crippen molar-refractivity contribution in [1.82, 2.24) is 5.32 Å². The third-order valence-corrected chi connectivity index (χ3v) is 4.70. The van der Waals surface area contributed by atoms with Crippen LogP contribution in [-0.2, 0) is 4.74 Å². The molecule has 1 saturated heterocycles. The maximum absolute atomic E-state index is 11.9. The molecule has 0 aromatic heterocycles. The summed E-state index contributed by atoms with van der Waals surface area (Å²) in [5, 5.41) is 2.85. The molecule has 1 aromatic rings. The van der Waals surface area contributed by atoms with Gasteiger partial charge in [0.05, 0.1) is 0 Å². The number of nitrogens with zero attached hydrogens (tertiary/aromatic N) is 1. The Hall–Kier alpha value is -1.75. The molecule has 1 aliphatic carbocycles. The van der Waals surface area contributed by atoms with Gasteiger partial charge in [0.25, 0.3) is 0 Å². The zero-order chi connectivity index (χ0) is 17.3. The lowest BCUT2D eigenvalue weighted by Gasteiger charge is -2.34. The maximum Gasteiger partial charge on any atom is 0.407 e. The first-order valence-corrected chi connectivity index (χ1v) is 8.91. The predicted octanol–water partition coefficient (Wildman–Crippen LogP) is 2.99. The van der Waals surface area contributed by atoms with E-state index in [0.29, 0.717) is 12.0 Å². The highest BCUT2D eigenvalue weighted by atomic mass is 16.6. The number of ether oxygens (including phenoxy) is 1. The number of hydrogen-bond acceptors (Lipinski definition) is 4. The van der Waals surface area contributed by atoms with Crippen molar-refractivity contribution >= 4 is 11.8 Å². The molecule has 132 valence electrons. The van der Waals surface area contributed by atoms with Gasteiger partial charge in [0.1, 0.15) is 6.10 Å². The summed E-state index contributed by atoms with van der Waals surface area (Å²) in [6.07, 6.45) is 2.52. The second kappa shape index (κ2) is 6.63. The monoisotopic (exact) mass is 331 g/mol. The van der Waals surface area contributed by atoms with Crippen molar-refractivity contribution in [2.45, 2.75) is 63.6 Å². The van der Waals surface area contributed by atoms with Gasteiger partial charge in [-0.1, -0.05) is 12.1 Å². The number of benzene rings is 1. The number of carbonyl (C=O) groups excluding carboxylic acids is 1. The van der Waals surface area contributed by atoms with Crippen molar-refractivity contribution in [3.8, 4) is 0 Å². The van der Waals surface area contributed by atoms with Gasteiger partial charge in [0, 0.05) is 49.1 Å². The van der Waals surface area contributed by atoms with Crippen LogP contribution in [0.1, 0.15) is 51.5 Å². The number of amides is 1. The Morgan fingerprint density at radius 3 is 2.54 bits per heavy atom. The van der Waals surface area contributed by atoms with Crippen LogP contribution < -0.4 is 16.0 Å². The Kier molecular flexibility index (Phi) is 4.72. The topological polar surface area (TPSA) is 67.6 Å². The maximum atomic E-state index is 11.9. The van der Waals surface area contributed by atoms with Gasteiger partial charge in [-0.05, 0) is 44.9 Å². The van der Waals surface area contributed by atoms with Gasteiger partial charge in [-0.25, -0.2) is 4.79 Å². The van der Waals surface area contributed by atoms with Crippen molar-refractivity contribution in [1.29, 1.82) is 0 Å². The van der Waals surface area contributed by atoms with Crippen LogP contribution in [0.4, 0.5) is 10.5 Å². The molecule has 2 fully saturated rings. The molecule has 1 amide bonds. The first kappa shape index (κ1) is 17.1. The minimum Gasteiger partial charge on any atom is -0.446 e. The van der Waals surface area contributed by atoms with E-state index in [9.17, 15) is 4.79 Å². The lowest BCUT2D eigenvalue weighted by Crippen LogP contribution is -2.44. The smallest absolute Gasteiger partial charge is 0.407 e. The Labute approximate surface area is 144 Å². The molecule has 5 nitrogen and oxygen atoms in total. The van der Waals surface area contributed by atoms with Crippen LogP contribution in [0.2, 0.25) is 0 Å². The molecule has 2 aliphatic rings. The van der Waals surface area contributed by atoms with Gasteiger partial charge in [-0.3, -0.25) is 0 Å². The van der Waals surface area contributed by atoms with E-state index >= 15 is 0 Å². The summed E-state index contributed by atoms with van der Waals surface area (Å²) in [5.41, 5.74) is 8.31. The molecule has 0 spiro atoms. The molecule has 3 N–H and O–H groups in total. The van der Waals surface area contributed by atoms with E-state index in [-0.39, 0.29) is 17.7 Å². The van der Waals surface area contributed by atoms with E-state index in [1.54, 1.807) is 0 Å². The van der Waals surface area contributed by atoms with E-state index < -0.39 is 0 Å². The van der Waals surface area contributed by atoms with Crippen molar-refractivity contribution in [2.24, 2.45) is 5.73 Å². The molecule has 1 saturated carbocycles. The Bertz CT molecular complexity index is 589. The van der Waals surface area contributed by atoms with E-state index in [2.05, 4.69) is 34.5 Å². The van der Waals surface area contributed by atoms with Crippen LogP contribution in [0.3, 0.4) is 0 Å². The van der Waals surface area contributed by atoms with Gasteiger partial charge in [0.15, 0.2) is 0 Å². The van der Waals surface area contributed by atoms with Crippen molar-refractivity contribution < 1.29 is 9.53 Å². The van der Waals surface area contributed by atoms with Gasteiger partial charge >= 0.3 is 6.09 Å². The van der Waals surface area contributed by atoms with Gasteiger partial charge < -0.3 is 20.7 Å².